The van der Waals surface area contributed by atoms with Gasteiger partial charge in [-0.15, -0.1) is 0 Å². The summed E-state index contributed by atoms with van der Waals surface area (Å²) in [5.74, 6) is -1.25. The minimum atomic E-state index is -0.983. The van der Waals surface area contributed by atoms with Gasteiger partial charge in [-0.2, -0.15) is 0 Å². The largest absolute Gasteiger partial charge is 0.458 e. The lowest BCUT2D eigenvalue weighted by Crippen LogP contribution is -2.46. The second kappa shape index (κ2) is 6.44. The van der Waals surface area contributed by atoms with Crippen LogP contribution in [0.5, 0.6) is 0 Å². The van der Waals surface area contributed by atoms with Gasteiger partial charge in [-0.05, 0) is 41.5 Å². The van der Waals surface area contributed by atoms with Crippen LogP contribution in [0.4, 0.5) is 4.79 Å². The van der Waals surface area contributed by atoms with Gasteiger partial charge in [-0.1, -0.05) is 5.16 Å². The molecule has 26 heavy (non-hydrogen) atoms. The fourth-order valence-electron chi connectivity index (χ4n) is 2.89. The molecule has 2 heterocycles. The van der Waals surface area contributed by atoms with Crippen molar-refractivity contribution in [3.05, 3.63) is 0 Å². The zero-order valence-corrected chi connectivity index (χ0v) is 16.1. The van der Waals surface area contributed by atoms with E-state index in [1.54, 1.807) is 41.5 Å². The molecular formula is C17H27N3O6. The molecule has 2 rings (SSSR count). The van der Waals surface area contributed by atoms with Gasteiger partial charge in [0.05, 0.1) is 6.54 Å². The molecule has 2 aliphatic rings. The molecular weight excluding hydrogens is 342 g/mol. The first kappa shape index (κ1) is 20.0. The van der Waals surface area contributed by atoms with Gasteiger partial charge < -0.3 is 20.0 Å². The number of hydrogen-bond acceptors (Lipinski definition) is 7. The van der Waals surface area contributed by atoms with E-state index in [2.05, 4.69) is 5.16 Å². The average Bonchev–Trinajstić information content (AvgIpc) is 3.00. The smallest absolute Gasteiger partial charge is 0.411 e. The number of carbonyl (C=O) groups excluding carboxylic acids is 3. The van der Waals surface area contributed by atoms with Gasteiger partial charge in [0, 0.05) is 12.8 Å². The van der Waals surface area contributed by atoms with Gasteiger partial charge in [0.2, 0.25) is 0 Å². The Morgan fingerprint density at radius 1 is 1.15 bits per heavy atom. The van der Waals surface area contributed by atoms with Crippen LogP contribution in [0, 0.1) is 0 Å². The van der Waals surface area contributed by atoms with Crippen molar-refractivity contribution in [1.29, 1.82) is 0 Å². The van der Waals surface area contributed by atoms with E-state index in [1.807, 2.05) is 0 Å². The summed E-state index contributed by atoms with van der Waals surface area (Å²) in [6.45, 7) is 10.5. The molecule has 0 aliphatic carbocycles. The van der Waals surface area contributed by atoms with Gasteiger partial charge in [-0.25, -0.2) is 9.59 Å². The monoisotopic (exact) mass is 369 g/mol. The van der Waals surface area contributed by atoms with E-state index in [4.69, 9.17) is 20.0 Å². The van der Waals surface area contributed by atoms with Gasteiger partial charge >= 0.3 is 12.1 Å². The molecule has 0 aromatic heterocycles. The quantitative estimate of drug-likeness (QED) is 0.733. The van der Waals surface area contributed by atoms with Crippen molar-refractivity contribution in [3.8, 4) is 0 Å². The van der Waals surface area contributed by atoms with Crippen LogP contribution in [-0.4, -0.2) is 58.0 Å². The molecule has 146 valence electrons. The lowest BCUT2D eigenvalue weighted by atomic mass is 9.94. The third-order valence-corrected chi connectivity index (χ3v) is 3.83. The van der Waals surface area contributed by atoms with E-state index >= 15 is 0 Å². The third-order valence-electron chi connectivity index (χ3n) is 3.83. The van der Waals surface area contributed by atoms with E-state index in [9.17, 15) is 14.4 Å². The molecule has 9 heteroatoms. The number of carbonyl (C=O) groups is 3. The van der Waals surface area contributed by atoms with Crippen LogP contribution in [0.25, 0.3) is 0 Å². The van der Waals surface area contributed by atoms with E-state index in [-0.39, 0.29) is 25.1 Å². The number of rotatable bonds is 2. The van der Waals surface area contributed by atoms with Crippen molar-refractivity contribution >= 4 is 23.7 Å². The Morgan fingerprint density at radius 2 is 1.73 bits per heavy atom. The highest BCUT2D eigenvalue weighted by Gasteiger charge is 2.56. The maximum absolute atomic E-state index is 12.6. The van der Waals surface area contributed by atoms with Crippen LogP contribution < -0.4 is 5.73 Å². The number of esters is 1. The molecule has 1 fully saturated rings. The molecule has 2 aliphatic heterocycles. The summed E-state index contributed by atoms with van der Waals surface area (Å²) >= 11 is 0. The van der Waals surface area contributed by atoms with Gasteiger partial charge in [-0.3, -0.25) is 9.69 Å². The zero-order chi connectivity index (χ0) is 19.9. The Labute approximate surface area is 152 Å². The first-order valence-electron chi connectivity index (χ1n) is 8.49. The third kappa shape index (κ3) is 4.64. The highest BCUT2D eigenvalue weighted by Crippen LogP contribution is 2.39. The van der Waals surface area contributed by atoms with Crippen molar-refractivity contribution in [2.24, 2.45) is 10.9 Å². The highest BCUT2D eigenvalue weighted by atomic mass is 16.7. The minimum Gasteiger partial charge on any atom is -0.458 e. The number of primary amides is 1. The van der Waals surface area contributed by atoms with E-state index in [1.165, 1.54) is 4.90 Å². The predicted molar refractivity (Wildman–Crippen MR) is 92.3 cm³/mol. The molecule has 2 unspecified atom stereocenters. The van der Waals surface area contributed by atoms with Crippen LogP contribution in [-0.2, 0) is 23.9 Å². The Kier molecular flexibility index (Phi) is 4.95. The molecule has 0 bridgehead atoms. The summed E-state index contributed by atoms with van der Waals surface area (Å²) in [6.07, 6.45) is -0.385. The molecule has 1 saturated heterocycles. The second-order valence-corrected chi connectivity index (χ2v) is 8.71. The molecule has 0 saturated carbocycles. The summed E-state index contributed by atoms with van der Waals surface area (Å²) in [6, 6.07) is -0.897. The molecule has 0 aromatic carbocycles. The lowest BCUT2D eigenvalue weighted by molar-refractivity contribution is -0.160. The molecule has 2 amide bonds. The summed E-state index contributed by atoms with van der Waals surface area (Å²) in [5, 5.41) is 3.72. The van der Waals surface area contributed by atoms with Gasteiger partial charge in [0.15, 0.2) is 5.60 Å². The average molecular weight is 369 g/mol. The second-order valence-electron chi connectivity index (χ2n) is 8.71. The van der Waals surface area contributed by atoms with Gasteiger partial charge in [0.1, 0.15) is 23.0 Å². The molecule has 0 radical (unpaired) electrons. The first-order valence-corrected chi connectivity index (χ1v) is 8.49. The maximum Gasteiger partial charge on any atom is 0.411 e. The first-order chi connectivity index (χ1) is 11.7. The number of oxime groups is 1. The van der Waals surface area contributed by atoms with E-state index < -0.39 is 40.8 Å². The van der Waals surface area contributed by atoms with Gasteiger partial charge in [0.25, 0.3) is 5.91 Å². The van der Waals surface area contributed by atoms with Crippen molar-refractivity contribution in [1.82, 2.24) is 4.90 Å². The van der Waals surface area contributed by atoms with E-state index in [0.717, 1.165) is 0 Å². The Bertz CT molecular complexity index is 608. The number of likely N-dealkylation sites (tertiary alicyclic amines) is 1. The SMILES string of the molecule is CC(C)(C)OC(=O)C1CC2(CC(C(N)=O)=NO2)CN1C(=O)OC(C)(C)C. The van der Waals surface area contributed by atoms with Crippen LogP contribution >= 0.6 is 0 Å². The van der Waals surface area contributed by atoms with Crippen LogP contribution in [0.3, 0.4) is 0 Å². The maximum atomic E-state index is 12.6. The minimum absolute atomic E-state index is 0.0477. The number of amides is 2. The molecule has 9 nitrogen and oxygen atoms in total. The number of nitrogens with two attached hydrogens (primary N) is 1. The number of hydrogen-bond donors (Lipinski definition) is 1. The lowest BCUT2D eigenvalue weighted by Gasteiger charge is -2.29. The fourth-order valence-corrected chi connectivity index (χ4v) is 2.89. The van der Waals surface area contributed by atoms with Crippen molar-refractivity contribution in [2.45, 2.75) is 77.2 Å². The Hall–Kier alpha value is -2.32. The van der Waals surface area contributed by atoms with Crippen LogP contribution in [0.1, 0.15) is 54.4 Å². The summed E-state index contributed by atoms with van der Waals surface area (Å²) in [5.41, 5.74) is 2.92. The molecule has 1 spiro atoms. The standard InChI is InChI=1S/C17H27N3O6/c1-15(2,3)24-13(22)11-8-17(7-10(12(18)21)19-26-17)9-20(11)14(23)25-16(4,5)6/h11H,7-9H2,1-6H3,(H2,18,21). The topological polar surface area (TPSA) is 121 Å². The highest BCUT2D eigenvalue weighted by molar-refractivity contribution is 6.38. The van der Waals surface area contributed by atoms with E-state index in [0.29, 0.717) is 0 Å². The van der Waals surface area contributed by atoms with Crippen molar-refractivity contribution in [3.63, 3.8) is 0 Å². The van der Waals surface area contributed by atoms with Crippen LogP contribution in [0.2, 0.25) is 0 Å². The Morgan fingerprint density at radius 3 is 2.19 bits per heavy atom. The predicted octanol–water partition coefficient (Wildman–Crippen LogP) is 1.34. The van der Waals surface area contributed by atoms with Crippen molar-refractivity contribution in [2.75, 3.05) is 6.54 Å². The van der Waals surface area contributed by atoms with Crippen molar-refractivity contribution < 1.29 is 28.7 Å². The number of nitrogens with zero attached hydrogens (tertiary/aromatic N) is 2. The molecule has 2 N–H and O–H groups in total. The molecule has 0 aromatic rings. The Balaban J connectivity index is 2.23. The molecule has 2 atom stereocenters. The summed E-state index contributed by atoms with van der Waals surface area (Å²) in [4.78, 5) is 43.3. The number of ether oxygens (including phenoxy) is 2. The fraction of sp³-hybridized carbons (Fsp3) is 0.765. The van der Waals surface area contributed by atoms with Crippen LogP contribution in [0.15, 0.2) is 5.16 Å². The summed E-state index contributed by atoms with van der Waals surface area (Å²) < 4.78 is 10.8. The summed E-state index contributed by atoms with van der Waals surface area (Å²) in [7, 11) is 0. The normalized spacial score (nSPS) is 25.7. The zero-order valence-electron chi connectivity index (χ0n) is 16.1.